The molecule has 0 aliphatic rings. The number of rotatable bonds is 4. The lowest BCUT2D eigenvalue weighted by Crippen LogP contribution is -2.10. The van der Waals surface area contributed by atoms with Crippen LogP contribution in [0.5, 0.6) is 0 Å². The van der Waals surface area contributed by atoms with E-state index >= 15 is 0 Å². The monoisotopic (exact) mass is 168 g/mol. The van der Waals surface area contributed by atoms with Crippen molar-refractivity contribution in [2.24, 2.45) is 10.9 Å². The van der Waals surface area contributed by atoms with E-state index in [0.717, 1.165) is 12.8 Å². The van der Waals surface area contributed by atoms with E-state index in [4.69, 9.17) is 10.9 Å². The Morgan fingerprint density at radius 3 is 2.67 bits per heavy atom. The Hall–Kier alpha value is -1.17. The number of unbranched alkanes of at least 4 members (excludes halogenated alkanes) is 2. The predicted octanol–water partition coefficient (Wildman–Crippen LogP) is 1.71. The molecule has 0 amide bonds. The molecule has 3 nitrogen and oxygen atoms in total. The fourth-order valence-electron chi connectivity index (χ4n) is 0.683. The van der Waals surface area contributed by atoms with Crippen LogP contribution in [0, 0.1) is 11.8 Å². The molecule has 0 aliphatic heterocycles. The summed E-state index contributed by atoms with van der Waals surface area (Å²) in [5, 5.41) is 11.0. The molecule has 0 heterocycles. The number of amidine groups is 1. The van der Waals surface area contributed by atoms with Gasteiger partial charge in [0.25, 0.3) is 0 Å². The SMILES string of the molecule is CCCCC#CCCC(N)=NO. The molecule has 0 radical (unpaired) electrons. The largest absolute Gasteiger partial charge is 0.409 e. The third kappa shape index (κ3) is 6.94. The molecule has 0 rings (SSSR count). The topological polar surface area (TPSA) is 58.6 Å². The average Bonchev–Trinajstić information content (AvgIpc) is 2.10. The summed E-state index contributed by atoms with van der Waals surface area (Å²) in [6.07, 6.45) is 4.51. The van der Waals surface area contributed by atoms with Crippen LogP contribution in [0.25, 0.3) is 0 Å². The van der Waals surface area contributed by atoms with Crippen LogP contribution in [0.3, 0.4) is 0 Å². The summed E-state index contributed by atoms with van der Waals surface area (Å²) in [7, 11) is 0. The summed E-state index contributed by atoms with van der Waals surface area (Å²) in [6, 6.07) is 0. The molecule has 0 spiro atoms. The maximum absolute atomic E-state index is 8.19. The summed E-state index contributed by atoms with van der Waals surface area (Å²) in [5.41, 5.74) is 5.25. The maximum Gasteiger partial charge on any atom is 0.140 e. The Kier molecular flexibility index (Phi) is 7.16. The molecule has 0 aromatic rings. The van der Waals surface area contributed by atoms with Crippen molar-refractivity contribution in [3.05, 3.63) is 0 Å². The van der Waals surface area contributed by atoms with Crippen LogP contribution in [-0.2, 0) is 0 Å². The Labute approximate surface area is 73.6 Å². The zero-order valence-electron chi connectivity index (χ0n) is 7.51. The summed E-state index contributed by atoms with van der Waals surface area (Å²) in [5.74, 6) is 6.24. The van der Waals surface area contributed by atoms with E-state index in [0.29, 0.717) is 12.8 Å². The second kappa shape index (κ2) is 7.93. The first kappa shape index (κ1) is 10.8. The quantitative estimate of drug-likeness (QED) is 0.168. The third-order valence-electron chi connectivity index (χ3n) is 1.41. The number of hydrogen-bond acceptors (Lipinski definition) is 2. The second-order valence-corrected chi connectivity index (χ2v) is 2.55. The minimum absolute atomic E-state index is 0.250. The van der Waals surface area contributed by atoms with Gasteiger partial charge in [0.05, 0.1) is 0 Å². The summed E-state index contributed by atoms with van der Waals surface area (Å²) >= 11 is 0. The van der Waals surface area contributed by atoms with Crippen LogP contribution < -0.4 is 5.73 Å². The van der Waals surface area contributed by atoms with Gasteiger partial charge >= 0.3 is 0 Å². The lowest BCUT2D eigenvalue weighted by molar-refractivity contribution is 0.317. The van der Waals surface area contributed by atoms with Crippen LogP contribution >= 0.6 is 0 Å². The van der Waals surface area contributed by atoms with Gasteiger partial charge in [-0.3, -0.25) is 0 Å². The van der Waals surface area contributed by atoms with Gasteiger partial charge in [0.2, 0.25) is 0 Å². The van der Waals surface area contributed by atoms with Crippen LogP contribution in [-0.4, -0.2) is 11.0 Å². The molecule has 0 aliphatic carbocycles. The first-order valence-electron chi connectivity index (χ1n) is 4.23. The van der Waals surface area contributed by atoms with Gasteiger partial charge < -0.3 is 10.9 Å². The normalized spacial score (nSPS) is 10.6. The highest BCUT2D eigenvalue weighted by atomic mass is 16.4. The Bertz CT molecular complexity index is 188. The van der Waals surface area contributed by atoms with Crippen LogP contribution in [0.4, 0.5) is 0 Å². The number of nitrogens with two attached hydrogens (primary N) is 1. The lowest BCUT2D eigenvalue weighted by Gasteiger charge is -1.89. The van der Waals surface area contributed by atoms with Crippen molar-refractivity contribution in [3.8, 4) is 11.8 Å². The van der Waals surface area contributed by atoms with Crippen molar-refractivity contribution < 1.29 is 5.21 Å². The summed E-state index contributed by atoms with van der Waals surface area (Å²) in [4.78, 5) is 0. The Morgan fingerprint density at radius 2 is 2.08 bits per heavy atom. The van der Waals surface area contributed by atoms with E-state index in [2.05, 4.69) is 23.9 Å². The van der Waals surface area contributed by atoms with Crippen LogP contribution in [0.1, 0.15) is 39.0 Å². The molecule has 0 atom stereocenters. The third-order valence-corrected chi connectivity index (χ3v) is 1.41. The van der Waals surface area contributed by atoms with E-state index in [-0.39, 0.29) is 5.84 Å². The Balaban J connectivity index is 3.33. The molecule has 0 aromatic carbocycles. The van der Waals surface area contributed by atoms with Gasteiger partial charge in [-0.25, -0.2) is 0 Å². The van der Waals surface area contributed by atoms with E-state index < -0.39 is 0 Å². The number of oxime groups is 1. The highest BCUT2D eigenvalue weighted by Gasteiger charge is 1.88. The number of nitrogens with zero attached hydrogens (tertiary/aromatic N) is 1. The van der Waals surface area contributed by atoms with Crippen molar-refractivity contribution in [2.45, 2.75) is 39.0 Å². The molecule has 3 heteroatoms. The molecular formula is C9H16N2O. The molecule has 0 fully saturated rings. The van der Waals surface area contributed by atoms with Gasteiger partial charge in [-0.2, -0.15) is 0 Å². The highest BCUT2D eigenvalue weighted by Crippen LogP contribution is 1.92. The second-order valence-electron chi connectivity index (χ2n) is 2.55. The van der Waals surface area contributed by atoms with Crippen LogP contribution in [0.2, 0.25) is 0 Å². The first-order chi connectivity index (χ1) is 5.81. The van der Waals surface area contributed by atoms with E-state index in [1.54, 1.807) is 0 Å². The zero-order chi connectivity index (χ0) is 9.23. The molecule has 0 bridgehead atoms. The molecule has 0 aromatic heterocycles. The minimum Gasteiger partial charge on any atom is -0.409 e. The van der Waals surface area contributed by atoms with Gasteiger partial charge in [0.15, 0.2) is 0 Å². The van der Waals surface area contributed by atoms with E-state index in [1.807, 2.05) is 0 Å². The molecule has 0 unspecified atom stereocenters. The average molecular weight is 168 g/mol. The fourth-order valence-corrected chi connectivity index (χ4v) is 0.683. The van der Waals surface area contributed by atoms with Gasteiger partial charge in [-0.15, -0.1) is 11.8 Å². The van der Waals surface area contributed by atoms with Gasteiger partial charge in [0, 0.05) is 19.3 Å². The molecule has 3 N–H and O–H groups in total. The first-order valence-corrected chi connectivity index (χ1v) is 4.23. The Morgan fingerprint density at radius 1 is 1.42 bits per heavy atom. The standard InChI is InChI=1S/C9H16N2O/c1-2-3-4-5-6-7-8-9(10)11-12/h12H,2-4,7-8H2,1H3,(H2,10,11). The highest BCUT2D eigenvalue weighted by molar-refractivity contribution is 5.79. The van der Waals surface area contributed by atoms with E-state index in [1.165, 1.54) is 6.42 Å². The maximum atomic E-state index is 8.19. The number of hydrogen-bond donors (Lipinski definition) is 2. The van der Waals surface area contributed by atoms with Crippen molar-refractivity contribution in [2.75, 3.05) is 0 Å². The summed E-state index contributed by atoms with van der Waals surface area (Å²) in [6.45, 7) is 2.14. The van der Waals surface area contributed by atoms with Crippen molar-refractivity contribution in [1.82, 2.24) is 0 Å². The molecule has 0 saturated carbocycles. The molecular weight excluding hydrogens is 152 g/mol. The van der Waals surface area contributed by atoms with Gasteiger partial charge in [-0.1, -0.05) is 18.5 Å². The van der Waals surface area contributed by atoms with Gasteiger partial charge in [0.1, 0.15) is 5.84 Å². The lowest BCUT2D eigenvalue weighted by atomic mass is 10.2. The zero-order valence-corrected chi connectivity index (χ0v) is 7.51. The molecule has 68 valence electrons. The van der Waals surface area contributed by atoms with Crippen LogP contribution in [0.15, 0.2) is 5.16 Å². The minimum atomic E-state index is 0.250. The van der Waals surface area contributed by atoms with Crippen molar-refractivity contribution >= 4 is 5.84 Å². The molecule has 0 saturated heterocycles. The van der Waals surface area contributed by atoms with Gasteiger partial charge in [-0.05, 0) is 6.42 Å². The van der Waals surface area contributed by atoms with Crippen molar-refractivity contribution in [3.63, 3.8) is 0 Å². The molecule has 12 heavy (non-hydrogen) atoms. The smallest absolute Gasteiger partial charge is 0.140 e. The van der Waals surface area contributed by atoms with E-state index in [9.17, 15) is 0 Å². The van der Waals surface area contributed by atoms with Crippen molar-refractivity contribution in [1.29, 1.82) is 0 Å². The fraction of sp³-hybridized carbons (Fsp3) is 0.667. The summed E-state index contributed by atoms with van der Waals surface area (Å²) < 4.78 is 0. The predicted molar refractivity (Wildman–Crippen MR) is 49.9 cm³/mol.